The van der Waals surface area contributed by atoms with E-state index < -0.39 is 53.3 Å². The summed E-state index contributed by atoms with van der Waals surface area (Å²) >= 11 is -0.971. The van der Waals surface area contributed by atoms with Crippen molar-refractivity contribution in [3.63, 3.8) is 0 Å². The molecule has 1 aliphatic heterocycles. The predicted octanol–water partition coefficient (Wildman–Crippen LogP) is -0.784. The third kappa shape index (κ3) is 8.00. The average molecular weight is 637 g/mol. The summed E-state index contributed by atoms with van der Waals surface area (Å²) in [5, 5.41) is 14.0. The molecule has 1 fully saturated rings. The summed E-state index contributed by atoms with van der Waals surface area (Å²) in [5.41, 5.74) is 5.32. The molecule has 0 aliphatic carbocycles. The van der Waals surface area contributed by atoms with E-state index in [0.717, 1.165) is 26.1 Å². The van der Waals surface area contributed by atoms with E-state index >= 15 is 0 Å². The SMILES string of the molecule is CC(C)CN(C[C@@H](O)[C@@H](NC(=O)O[C@H]1CCOC1)[I-]c1ccccc1)S(=O)(=O)c1ccc(F)c(N)c1. The Labute approximate surface area is 221 Å². The number of anilines is 1. The molecule has 0 bridgehead atoms. The van der Waals surface area contributed by atoms with Crippen LogP contribution in [0.4, 0.5) is 14.9 Å². The molecule has 0 spiro atoms. The molecular formula is C24H32FIN3O6S-. The molecule has 2 aromatic carbocycles. The number of amides is 1. The summed E-state index contributed by atoms with van der Waals surface area (Å²) in [6, 6.07) is 12.6. The average Bonchev–Trinajstić information content (AvgIpc) is 3.33. The van der Waals surface area contributed by atoms with Crippen molar-refractivity contribution in [2.24, 2.45) is 5.92 Å². The zero-order valence-electron chi connectivity index (χ0n) is 20.1. The number of alkyl carbamates (subject to hydrolysis) is 1. The van der Waals surface area contributed by atoms with Gasteiger partial charge in [0.2, 0.25) is 0 Å². The number of hydrogen-bond acceptors (Lipinski definition) is 7. The number of hydrogen-bond donors (Lipinski definition) is 3. The normalized spacial score (nSPS) is 17.9. The molecular weight excluding hydrogens is 604 g/mol. The van der Waals surface area contributed by atoms with Crippen molar-refractivity contribution in [1.29, 1.82) is 0 Å². The number of carbonyl (C=O) groups is 1. The molecule has 1 saturated heterocycles. The molecule has 0 unspecified atom stereocenters. The molecule has 0 radical (unpaired) electrons. The summed E-state index contributed by atoms with van der Waals surface area (Å²) in [7, 11) is -4.11. The minimum absolute atomic E-state index is 0.0627. The fourth-order valence-corrected chi connectivity index (χ4v) is 7.85. The first-order chi connectivity index (χ1) is 17.1. The number of nitrogens with zero attached hydrogens (tertiary/aromatic N) is 1. The molecule has 4 N–H and O–H groups in total. The number of carbonyl (C=O) groups excluding carboxylic acids is 1. The number of nitrogens with one attached hydrogen (secondary N) is 1. The molecule has 200 valence electrons. The summed E-state index contributed by atoms with van der Waals surface area (Å²) in [5.74, 6) is -0.778. The minimum atomic E-state index is -4.11. The van der Waals surface area contributed by atoms with Gasteiger partial charge in [0, 0.05) is 0 Å². The molecule has 1 heterocycles. The van der Waals surface area contributed by atoms with E-state index in [-0.39, 0.29) is 35.7 Å². The Bertz CT molecular complexity index is 1120. The van der Waals surface area contributed by atoms with E-state index in [1.165, 1.54) is 0 Å². The third-order valence-corrected chi connectivity index (χ3v) is 10.4. The van der Waals surface area contributed by atoms with Crippen molar-refractivity contribution < 1.29 is 53.4 Å². The molecule has 9 nitrogen and oxygen atoms in total. The van der Waals surface area contributed by atoms with Gasteiger partial charge in [0.1, 0.15) is 0 Å². The van der Waals surface area contributed by atoms with Crippen molar-refractivity contribution >= 4 is 21.8 Å². The first-order valence-corrected chi connectivity index (χ1v) is 15.3. The van der Waals surface area contributed by atoms with Crippen LogP contribution in [-0.2, 0) is 19.5 Å². The van der Waals surface area contributed by atoms with Gasteiger partial charge in [-0.3, -0.25) is 0 Å². The van der Waals surface area contributed by atoms with Gasteiger partial charge in [-0.05, 0) is 0 Å². The molecule has 1 aliphatic rings. The second kappa shape index (κ2) is 13.0. The number of aliphatic hydroxyl groups excluding tert-OH is 1. The number of nitrogen functional groups attached to an aromatic ring is 1. The van der Waals surface area contributed by atoms with Gasteiger partial charge in [0.25, 0.3) is 0 Å². The maximum atomic E-state index is 13.7. The van der Waals surface area contributed by atoms with Crippen LogP contribution in [0.5, 0.6) is 0 Å². The van der Waals surface area contributed by atoms with E-state index in [1.54, 1.807) is 0 Å². The van der Waals surface area contributed by atoms with Crippen molar-refractivity contribution in [1.82, 2.24) is 9.62 Å². The van der Waals surface area contributed by atoms with Crippen LogP contribution in [0.15, 0.2) is 53.4 Å². The first-order valence-electron chi connectivity index (χ1n) is 11.5. The Kier molecular flexibility index (Phi) is 10.3. The van der Waals surface area contributed by atoms with E-state index in [0.29, 0.717) is 19.6 Å². The van der Waals surface area contributed by atoms with Crippen LogP contribution in [0.3, 0.4) is 0 Å². The zero-order chi connectivity index (χ0) is 26.3. The van der Waals surface area contributed by atoms with Crippen molar-refractivity contribution in [3.8, 4) is 0 Å². The molecule has 0 aromatic heterocycles. The Hall–Kier alpha value is -2.00. The summed E-state index contributed by atoms with van der Waals surface area (Å²) in [4.78, 5) is 12.4. The summed E-state index contributed by atoms with van der Waals surface area (Å²) in [6.45, 7) is 4.36. The van der Waals surface area contributed by atoms with Gasteiger partial charge in [-0.2, -0.15) is 0 Å². The number of sulfonamides is 1. The third-order valence-electron chi connectivity index (χ3n) is 5.30. The second-order valence-electron chi connectivity index (χ2n) is 8.81. The topological polar surface area (TPSA) is 131 Å². The van der Waals surface area contributed by atoms with E-state index in [9.17, 15) is 22.7 Å². The van der Waals surface area contributed by atoms with Crippen LogP contribution in [0.2, 0.25) is 0 Å². The number of halogens is 2. The van der Waals surface area contributed by atoms with Crippen LogP contribution in [0.1, 0.15) is 20.3 Å². The Morgan fingerprint density at radius 1 is 1.28 bits per heavy atom. The zero-order valence-corrected chi connectivity index (χ0v) is 23.1. The Balaban J connectivity index is 1.82. The van der Waals surface area contributed by atoms with E-state index in [1.807, 2.05) is 44.2 Å². The molecule has 36 heavy (non-hydrogen) atoms. The number of rotatable bonds is 11. The molecule has 12 heteroatoms. The molecule has 3 rings (SSSR count). The number of ether oxygens (including phenoxy) is 2. The van der Waals surface area contributed by atoms with Gasteiger partial charge < -0.3 is 0 Å². The number of benzene rings is 2. The van der Waals surface area contributed by atoms with Gasteiger partial charge in [-0.1, -0.05) is 0 Å². The van der Waals surface area contributed by atoms with Gasteiger partial charge in [-0.25, -0.2) is 0 Å². The first kappa shape index (κ1) is 28.6. The Morgan fingerprint density at radius 3 is 2.61 bits per heavy atom. The number of nitrogens with two attached hydrogens (primary N) is 1. The monoisotopic (exact) mass is 636 g/mol. The Morgan fingerprint density at radius 2 is 2.00 bits per heavy atom. The number of alkyl halides is 1. The standard InChI is InChI=1S/C24H32FIN3O6S/c1-16(2)13-29(36(32,33)19-8-9-20(25)21(27)12-19)14-22(30)23(26-17-6-4-3-5-7-17)28-24(31)35-18-10-11-34-15-18/h3-9,12,16,18,22-23,30H,10-11,13-15,27H2,1-2H3,(H,28,31)/q-1/t18-,22+,23+/m0/s1. The molecule has 2 aromatic rings. The van der Waals surface area contributed by atoms with Gasteiger partial charge in [0.05, 0.1) is 0 Å². The van der Waals surface area contributed by atoms with Gasteiger partial charge in [-0.15, -0.1) is 0 Å². The van der Waals surface area contributed by atoms with Crippen LogP contribution in [0.25, 0.3) is 0 Å². The summed E-state index contributed by atoms with van der Waals surface area (Å²) in [6.07, 6.45) is -1.68. The maximum absolute atomic E-state index is 13.7. The van der Waals surface area contributed by atoms with Crippen molar-refractivity contribution in [2.45, 2.75) is 41.4 Å². The van der Waals surface area contributed by atoms with Crippen LogP contribution in [-0.4, -0.2) is 66.5 Å². The fourth-order valence-electron chi connectivity index (χ4n) is 3.53. The number of aliphatic hydroxyl groups is 1. The van der Waals surface area contributed by atoms with Crippen LogP contribution < -0.4 is 32.3 Å². The second-order valence-corrected chi connectivity index (χ2v) is 14.0. The molecule has 0 saturated carbocycles. The quantitative estimate of drug-likeness (QED) is 0.128. The van der Waals surface area contributed by atoms with E-state index in [2.05, 4.69) is 5.32 Å². The molecule has 1 amide bonds. The predicted molar refractivity (Wildman–Crippen MR) is 128 cm³/mol. The van der Waals surface area contributed by atoms with E-state index in [4.69, 9.17) is 15.2 Å². The van der Waals surface area contributed by atoms with Crippen LogP contribution >= 0.6 is 0 Å². The molecule has 3 atom stereocenters. The van der Waals surface area contributed by atoms with Crippen molar-refractivity contribution in [3.05, 3.63) is 57.9 Å². The fraction of sp³-hybridized carbons (Fsp3) is 0.458. The van der Waals surface area contributed by atoms with Crippen molar-refractivity contribution in [2.75, 3.05) is 32.0 Å². The van der Waals surface area contributed by atoms with Gasteiger partial charge >= 0.3 is 222 Å². The van der Waals surface area contributed by atoms with Gasteiger partial charge in [0.15, 0.2) is 0 Å². The summed E-state index contributed by atoms with van der Waals surface area (Å²) < 4.78 is 52.5. The van der Waals surface area contributed by atoms with Crippen LogP contribution in [0, 0.1) is 15.3 Å².